The third-order valence-corrected chi connectivity index (χ3v) is 2.88. The fourth-order valence-corrected chi connectivity index (χ4v) is 1.87. The molecule has 1 heterocycles. The summed E-state index contributed by atoms with van der Waals surface area (Å²) in [5, 5.41) is 12.5. The van der Waals surface area contributed by atoms with Crippen LogP contribution in [0.3, 0.4) is 0 Å². The third-order valence-electron chi connectivity index (χ3n) is 2.88. The van der Waals surface area contributed by atoms with Crippen molar-refractivity contribution in [1.29, 1.82) is 0 Å². The highest BCUT2D eigenvalue weighted by Crippen LogP contribution is 2.22. The number of pyridine rings is 1. The number of halogens is 1. The molecule has 1 aromatic carbocycles. The molecule has 0 amide bonds. The normalized spacial score (nSPS) is 11.2. The number of para-hydroxylation sites is 1. The Morgan fingerprint density at radius 1 is 1.32 bits per heavy atom. The van der Waals surface area contributed by atoms with Crippen molar-refractivity contribution < 1.29 is 14.4 Å². The van der Waals surface area contributed by atoms with Gasteiger partial charge in [0.05, 0.1) is 5.75 Å². The summed E-state index contributed by atoms with van der Waals surface area (Å²) in [6.07, 6.45) is -0.550. The number of nitrogens with zero attached hydrogens (tertiary/aromatic N) is 2. The maximum atomic E-state index is 11.5. The Kier molecular flexibility index (Phi) is 5.53. The van der Waals surface area contributed by atoms with Crippen LogP contribution in [-0.4, -0.2) is 12.6 Å². The first-order chi connectivity index (χ1) is 8.63. The molecule has 0 aliphatic rings. The van der Waals surface area contributed by atoms with Gasteiger partial charge in [-0.05, 0) is 25.1 Å². The number of aryl methyl sites for hydroxylation is 2. The van der Waals surface area contributed by atoms with Crippen LogP contribution in [0.4, 0.5) is 0 Å². The molecule has 4 nitrogen and oxygen atoms in total. The molecule has 0 atom stereocenters. The van der Waals surface area contributed by atoms with Gasteiger partial charge in [0.25, 0.3) is 0 Å². The van der Waals surface area contributed by atoms with Gasteiger partial charge in [0.15, 0.2) is 5.69 Å². The van der Waals surface area contributed by atoms with E-state index >= 15 is 0 Å². The predicted octanol–water partition coefficient (Wildman–Crippen LogP) is 1.71. The second-order valence-electron chi connectivity index (χ2n) is 4.07. The Balaban J connectivity index is 0.00000180. The number of aliphatic imine (C=N–C) groups is 1. The summed E-state index contributed by atoms with van der Waals surface area (Å²) in [7, 11) is 1.95. The number of rotatable bonds is 2. The molecule has 102 valence electrons. The van der Waals surface area contributed by atoms with Crippen molar-refractivity contribution in [3.8, 4) is 5.75 Å². The summed E-state index contributed by atoms with van der Waals surface area (Å²) in [5.41, 5.74) is 2.00. The minimum Gasteiger partial charge on any atom is -0.560 e. The van der Waals surface area contributed by atoms with Crippen molar-refractivity contribution in [2.24, 2.45) is 12.0 Å². The van der Waals surface area contributed by atoms with Gasteiger partial charge in [-0.1, -0.05) is 6.07 Å². The Hall–Kier alpha value is -1.37. The monoisotopic (exact) mass is 372 g/mol. The molecule has 2 aromatic rings. The van der Waals surface area contributed by atoms with Gasteiger partial charge >= 0.3 is 0 Å². The van der Waals surface area contributed by atoms with E-state index in [1.807, 2.05) is 42.8 Å². The van der Waals surface area contributed by atoms with E-state index in [0.29, 0.717) is 12.3 Å². The molecule has 0 aliphatic carbocycles. The molecule has 0 N–H and O–H groups in total. The molecule has 0 aliphatic heterocycles. The van der Waals surface area contributed by atoms with Crippen LogP contribution in [0.1, 0.15) is 12.6 Å². The minimum atomic E-state index is -0.550. The zero-order chi connectivity index (χ0) is 13.1. The highest BCUT2D eigenvalue weighted by atomic mass is 127. The zero-order valence-electron chi connectivity index (χ0n) is 11.2. The minimum absolute atomic E-state index is 0. The first kappa shape index (κ1) is 15.7. The van der Waals surface area contributed by atoms with Crippen LogP contribution in [0.25, 0.3) is 10.9 Å². The number of ether oxygens (including phenoxy) is 1. The van der Waals surface area contributed by atoms with Gasteiger partial charge in [-0.15, -0.1) is 24.0 Å². The summed E-state index contributed by atoms with van der Waals surface area (Å²) >= 11 is 0. The molecule has 0 saturated carbocycles. The van der Waals surface area contributed by atoms with Crippen LogP contribution in [0, 0.1) is 6.92 Å². The van der Waals surface area contributed by atoms with E-state index in [9.17, 15) is 5.11 Å². The molecule has 0 saturated heterocycles. The van der Waals surface area contributed by atoms with E-state index in [2.05, 4.69) is 4.99 Å². The molecule has 0 bridgehead atoms. The van der Waals surface area contributed by atoms with Gasteiger partial charge < -0.3 is 9.84 Å². The molecule has 1 aromatic heterocycles. The van der Waals surface area contributed by atoms with Crippen molar-refractivity contribution >= 4 is 41.0 Å². The summed E-state index contributed by atoms with van der Waals surface area (Å²) in [6.45, 7) is 4.23. The number of hydrogen-bond donors (Lipinski definition) is 0. The van der Waals surface area contributed by atoms with E-state index in [-0.39, 0.29) is 24.0 Å². The maximum absolute atomic E-state index is 11.5. The van der Waals surface area contributed by atoms with Crippen molar-refractivity contribution in [3.63, 3.8) is 0 Å². The van der Waals surface area contributed by atoms with Gasteiger partial charge in [-0.3, -0.25) is 4.99 Å². The topological polar surface area (TPSA) is 48.5 Å². The lowest BCUT2D eigenvalue weighted by molar-refractivity contribution is -0.651. The fourth-order valence-electron chi connectivity index (χ4n) is 1.87. The lowest BCUT2D eigenvalue weighted by atomic mass is 10.2. The van der Waals surface area contributed by atoms with Gasteiger partial charge in [-0.25, -0.2) is 0 Å². The summed E-state index contributed by atoms with van der Waals surface area (Å²) in [5.74, 6) is 0.543. The Labute approximate surface area is 129 Å². The van der Waals surface area contributed by atoms with Gasteiger partial charge in [0.1, 0.15) is 13.1 Å². The van der Waals surface area contributed by atoms with E-state index < -0.39 is 6.08 Å². The molecular formula is C14H17IN2O2. The molecule has 0 spiro atoms. The Morgan fingerprint density at radius 2 is 2.05 bits per heavy atom. The van der Waals surface area contributed by atoms with Crippen LogP contribution >= 0.6 is 24.0 Å². The average Bonchev–Trinajstić information content (AvgIpc) is 2.34. The molecular weight excluding hydrogens is 355 g/mol. The summed E-state index contributed by atoms with van der Waals surface area (Å²) in [4.78, 5) is 3.71. The van der Waals surface area contributed by atoms with Crippen molar-refractivity contribution in [1.82, 2.24) is 0 Å². The second-order valence-corrected chi connectivity index (χ2v) is 4.07. The third kappa shape index (κ3) is 3.34. The van der Waals surface area contributed by atoms with Crippen LogP contribution in [0.2, 0.25) is 0 Å². The van der Waals surface area contributed by atoms with Crippen molar-refractivity contribution in [3.05, 3.63) is 36.0 Å². The first-order valence-electron chi connectivity index (χ1n) is 5.91. The highest BCUT2D eigenvalue weighted by Gasteiger charge is 2.11. The molecule has 0 fully saturated rings. The quantitative estimate of drug-likeness (QED) is 0.349. The van der Waals surface area contributed by atoms with E-state index in [0.717, 1.165) is 16.6 Å². The highest BCUT2D eigenvalue weighted by molar-refractivity contribution is 14.0. The number of aromatic nitrogens is 1. The molecule has 2 rings (SSSR count). The zero-order valence-corrected chi connectivity index (χ0v) is 13.5. The van der Waals surface area contributed by atoms with Crippen LogP contribution in [-0.2, 0) is 7.05 Å². The van der Waals surface area contributed by atoms with E-state index in [1.165, 1.54) is 0 Å². The maximum Gasteiger partial charge on any atom is 0.226 e. The fraction of sp³-hybridized carbons (Fsp3) is 0.286. The summed E-state index contributed by atoms with van der Waals surface area (Å²) in [6, 6.07) is 9.68. The Bertz CT molecular complexity index is 612. The smallest absolute Gasteiger partial charge is 0.226 e. The largest absolute Gasteiger partial charge is 0.560 e. The number of hydrogen-bond acceptors (Lipinski definition) is 3. The average molecular weight is 372 g/mol. The van der Waals surface area contributed by atoms with Crippen LogP contribution in [0.15, 0.2) is 35.3 Å². The molecule has 0 radical (unpaired) electrons. The number of fused-ring (bicyclic) bond motifs is 1. The molecule has 19 heavy (non-hydrogen) atoms. The lowest BCUT2D eigenvalue weighted by Crippen LogP contribution is -2.34. The number of benzene rings is 1. The molecule has 0 unspecified atom stereocenters. The van der Waals surface area contributed by atoms with Crippen molar-refractivity contribution in [2.45, 2.75) is 13.8 Å². The first-order valence-corrected chi connectivity index (χ1v) is 5.91. The predicted molar refractivity (Wildman–Crippen MR) is 83.9 cm³/mol. The van der Waals surface area contributed by atoms with E-state index in [1.54, 1.807) is 13.0 Å². The van der Waals surface area contributed by atoms with Crippen LogP contribution < -0.4 is 14.4 Å². The van der Waals surface area contributed by atoms with Gasteiger partial charge in [0, 0.05) is 24.9 Å². The van der Waals surface area contributed by atoms with Crippen LogP contribution in [0.5, 0.6) is 5.75 Å². The molecule has 5 heteroatoms. The van der Waals surface area contributed by atoms with Gasteiger partial charge in [-0.2, -0.15) is 4.57 Å². The second kappa shape index (κ2) is 6.70. The van der Waals surface area contributed by atoms with Crippen molar-refractivity contribution in [2.75, 3.05) is 6.54 Å². The lowest BCUT2D eigenvalue weighted by Gasteiger charge is -2.15. The van der Waals surface area contributed by atoms with Gasteiger partial charge in [0.2, 0.25) is 5.52 Å². The Morgan fingerprint density at radius 3 is 2.74 bits per heavy atom. The summed E-state index contributed by atoms with van der Waals surface area (Å²) < 4.78 is 7.28. The van der Waals surface area contributed by atoms with E-state index in [4.69, 9.17) is 4.74 Å². The standard InChI is InChI=1S/C14H16N2O2.HI/c1-4-15-14(17)18-12-7-5-6-11-9-8-10(2)16(3)13(11)12;/h5-9H,4H2,1-3H3;1H. The SMILES string of the molecule is CCN=C([O-])Oc1cccc2ccc(C)[n+](C)c12.I.